The maximum Gasteiger partial charge on any atom is 0.340 e. The lowest BCUT2D eigenvalue weighted by atomic mass is 10.2. The van der Waals surface area contributed by atoms with Crippen LogP contribution in [-0.4, -0.2) is 34.8 Å². The highest BCUT2D eigenvalue weighted by molar-refractivity contribution is 9.10. The second-order valence-corrected chi connectivity index (χ2v) is 7.00. The molecule has 0 aliphatic carbocycles. The lowest BCUT2D eigenvalue weighted by Crippen LogP contribution is -2.22. The maximum absolute atomic E-state index is 11.9. The summed E-state index contributed by atoms with van der Waals surface area (Å²) in [6.45, 7) is 9.26. The van der Waals surface area contributed by atoms with Crippen LogP contribution in [0.1, 0.15) is 37.0 Å². The molecule has 0 N–H and O–H groups in total. The summed E-state index contributed by atoms with van der Waals surface area (Å²) in [5.41, 5.74) is 1.83. The summed E-state index contributed by atoms with van der Waals surface area (Å²) in [4.78, 5) is 16.5. The quantitative estimate of drug-likeness (QED) is 0.771. The van der Waals surface area contributed by atoms with Gasteiger partial charge in [-0.05, 0) is 39.8 Å². The third-order valence-electron chi connectivity index (χ3n) is 3.26. The van der Waals surface area contributed by atoms with E-state index < -0.39 is 0 Å². The van der Waals surface area contributed by atoms with E-state index >= 15 is 0 Å². The Balaban J connectivity index is 2.41. The Labute approximate surface area is 138 Å². The van der Waals surface area contributed by atoms with E-state index in [0.717, 1.165) is 15.8 Å². The van der Waals surface area contributed by atoms with Gasteiger partial charge in [-0.1, -0.05) is 15.9 Å². The van der Waals surface area contributed by atoms with Gasteiger partial charge in [0.25, 0.3) is 0 Å². The zero-order chi connectivity index (χ0) is 16.5. The van der Waals surface area contributed by atoms with Crippen LogP contribution >= 0.6 is 15.9 Å². The SMILES string of the molecule is COC(=O)c1cc(Br)cc2c1nc(C)n2CCOC(C)(C)C. The Morgan fingerprint density at radius 1 is 1.36 bits per heavy atom. The number of carbonyl (C=O) groups excluding carboxylic acids is 1. The highest BCUT2D eigenvalue weighted by Gasteiger charge is 2.18. The topological polar surface area (TPSA) is 53.3 Å². The molecule has 120 valence electrons. The van der Waals surface area contributed by atoms with Crippen molar-refractivity contribution in [1.29, 1.82) is 0 Å². The molecule has 1 aromatic carbocycles. The van der Waals surface area contributed by atoms with Gasteiger partial charge in [0.1, 0.15) is 11.3 Å². The first kappa shape index (κ1) is 17.0. The average Bonchev–Trinajstić information content (AvgIpc) is 2.72. The molecule has 5 nitrogen and oxygen atoms in total. The fourth-order valence-corrected chi connectivity index (χ4v) is 2.74. The number of carbonyl (C=O) groups is 1. The van der Waals surface area contributed by atoms with Gasteiger partial charge in [-0.2, -0.15) is 0 Å². The van der Waals surface area contributed by atoms with Crippen molar-refractivity contribution < 1.29 is 14.3 Å². The number of benzene rings is 1. The minimum absolute atomic E-state index is 0.179. The molecule has 1 aromatic heterocycles. The molecule has 2 aromatic rings. The largest absolute Gasteiger partial charge is 0.465 e. The standard InChI is InChI=1S/C16H21BrN2O3/c1-10-18-14-12(15(20)21-5)8-11(17)9-13(14)19(10)6-7-22-16(2,3)4/h8-9H,6-7H2,1-5H3. The van der Waals surface area contributed by atoms with Crippen molar-refractivity contribution in [2.75, 3.05) is 13.7 Å². The molecular weight excluding hydrogens is 348 g/mol. The van der Waals surface area contributed by atoms with Crippen molar-refractivity contribution in [3.63, 3.8) is 0 Å². The molecule has 2 rings (SSSR count). The first-order valence-corrected chi connectivity index (χ1v) is 7.91. The molecule has 0 bridgehead atoms. The zero-order valence-electron chi connectivity index (χ0n) is 13.6. The fourth-order valence-electron chi connectivity index (χ4n) is 2.30. The highest BCUT2D eigenvalue weighted by atomic mass is 79.9. The number of imidazole rings is 1. The highest BCUT2D eigenvalue weighted by Crippen LogP contribution is 2.26. The van der Waals surface area contributed by atoms with Gasteiger partial charge < -0.3 is 14.0 Å². The monoisotopic (exact) mass is 368 g/mol. The normalized spacial score (nSPS) is 11.9. The van der Waals surface area contributed by atoms with Gasteiger partial charge in [-0.3, -0.25) is 0 Å². The number of hydrogen-bond acceptors (Lipinski definition) is 4. The maximum atomic E-state index is 11.9. The van der Waals surface area contributed by atoms with Gasteiger partial charge in [-0.25, -0.2) is 9.78 Å². The molecule has 0 unspecified atom stereocenters. The number of rotatable bonds is 4. The van der Waals surface area contributed by atoms with Crippen LogP contribution in [-0.2, 0) is 16.0 Å². The number of methoxy groups -OCH3 is 1. The molecule has 1 heterocycles. The van der Waals surface area contributed by atoms with E-state index in [1.54, 1.807) is 6.07 Å². The van der Waals surface area contributed by atoms with E-state index in [1.165, 1.54) is 7.11 Å². The molecule has 0 radical (unpaired) electrons. The first-order chi connectivity index (χ1) is 10.2. The Kier molecular flexibility index (Phi) is 4.92. The van der Waals surface area contributed by atoms with Gasteiger partial charge in [0.05, 0.1) is 30.4 Å². The number of halogens is 1. The molecule has 0 saturated carbocycles. The van der Waals surface area contributed by atoms with E-state index in [9.17, 15) is 4.79 Å². The van der Waals surface area contributed by atoms with Crippen molar-refractivity contribution >= 4 is 32.9 Å². The second kappa shape index (κ2) is 6.38. The number of nitrogens with zero attached hydrogens (tertiary/aromatic N) is 2. The Bertz CT molecular complexity index is 701. The first-order valence-electron chi connectivity index (χ1n) is 7.11. The van der Waals surface area contributed by atoms with E-state index in [4.69, 9.17) is 9.47 Å². The van der Waals surface area contributed by atoms with Crippen molar-refractivity contribution in [1.82, 2.24) is 9.55 Å². The van der Waals surface area contributed by atoms with E-state index in [-0.39, 0.29) is 11.6 Å². The Hall–Kier alpha value is -1.40. The number of ether oxygens (including phenoxy) is 2. The van der Waals surface area contributed by atoms with Crippen LogP contribution in [0.4, 0.5) is 0 Å². The third-order valence-corrected chi connectivity index (χ3v) is 3.72. The summed E-state index contributed by atoms with van der Waals surface area (Å²) < 4.78 is 13.5. The molecule has 22 heavy (non-hydrogen) atoms. The summed E-state index contributed by atoms with van der Waals surface area (Å²) in [7, 11) is 1.37. The van der Waals surface area contributed by atoms with Crippen molar-refractivity contribution in [2.45, 2.75) is 39.8 Å². The number of aryl methyl sites for hydroxylation is 1. The fraction of sp³-hybridized carbons (Fsp3) is 0.500. The van der Waals surface area contributed by atoms with Gasteiger partial charge in [-0.15, -0.1) is 0 Å². The minimum Gasteiger partial charge on any atom is -0.465 e. The molecule has 0 aliphatic rings. The van der Waals surface area contributed by atoms with Crippen LogP contribution in [0.2, 0.25) is 0 Å². The smallest absolute Gasteiger partial charge is 0.340 e. The van der Waals surface area contributed by atoms with Gasteiger partial charge in [0, 0.05) is 11.0 Å². The van der Waals surface area contributed by atoms with Gasteiger partial charge in [0.2, 0.25) is 0 Å². The summed E-state index contributed by atoms with van der Waals surface area (Å²) in [5, 5.41) is 0. The minimum atomic E-state index is -0.387. The molecule has 0 saturated heterocycles. The molecule has 0 spiro atoms. The van der Waals surface area contributed by atoms with Gasteiger partial charge >= 0.3 is 5.97 Å². The molecule has 0 atom stereocenters. The summed E-state index contributed by atoms with van der Waals surface area (Å²) in [6.07, 6.45) is 0. The predicted molar refractivity (Wildman–Crippen MR) is 89.2 cm³/mol. The zero-order valence-corrected chi connectivity index (χ0v) is 15.2. The van der Waals surface area contributed by atoms with Gasteiger partial charge in [0.15, 0.2) is 0 Å². The Morgan fingerprint density at radius 2 is 2.05 bits per heavy atom. The summed E-state index contributed by atoms with van der Waals surface area (Å²) >= 11 is 3.44. The molecule has 0 amide bonds. The average molecular weight is 369 g/mol. The second-order valence-electron chi connectivity index (χ2n) is 6.08. The van der Waals surface area contributed by atoms with Crippen molar-refractivity contribution in [3.05, 3.63) is 28.0 Å². The van der Waals surface area contributed by atoms with Crippen molar-refractivity contribution in [2.24, 2.45) is 0 Å². The van der Waals surface area contributed by atoms with Crippen LogP contribution in [0.3, 0.4) is 0 Å². The summed E-state index contributed by atoms with van der Waals surface area (Å²) in [5.74, 6) is 0.456. The molecule has 0 fully saturated rings. The summed E-state index contributed by atoms with van der Waals surface area (Å²) in [6, 6.07) is 3.69. The third kappa shape index (κ3) is 3.67. The number of esters is 1. The van der Waals surface area contributed by atoms with Crippen molar-refractivity contribution in [3.8, 4) is 0 Å². The number of aromatic nitrogens is 2. The van der Waals surface area contributed by atoms with E-state index in [2.05, 4.69) is 25.5 Å². The van der Waals surface area contributed by atoms with Crippen LogP contribution in [0.25, 0.3) is 11.0 Å². The molecule has 0 aliphatic heterocycles. The van der Waals surface area contributed by atoms with Crippen LogP contribution in [0.5, 0.6) is 0 Å². The Morgan fingerprint density at radius 3 is 2.64 bits per heavy atom. The lowest BCUT2D eigenvalue weighted by molar-refractivity contribution is -0.00666. The van der Waals surface area contributed by atoms with E-state index in [1.807, 2.05) is 33.8 Å². The molecular formula is C16H21BrN2O3. The lowest BCUT2D eigenvalue weighted by Gasteiger charge is -2.20. The van der Waals surface area contributed by atoms with E-state index in [0.29, 0.717) is 24.2 Å². The van der Waals surface area contributed by atoms with Crippen LogP contribution in [0.15, 0.2) is 16.6 Å². The molecule has 6 heteroatoms. The predicted octanol–water partition coefficient (Wildman–Crippen LogP) is 3.71. The number of hydrogen-bond donors (Lipinski definition) is 0. The number of fused-ring (bicyclic) bond motifs is 1. The van der Waals surface area contributed by atoms with Crippen LogP contribution in [0, 0.1) is 6.92 Å². The van der Waals surface area contributed by atoms with Crippen LogP contribution < -0.4 is 0 Å².